The average Bonchev–Trinajstić information content (AvgIpc) is 2.40. The van der Waals surface area contributed by atoms with Gasteiger partial charge in [0.05, 0.1) is 5.56 Å². The van der Waals surface area contributed by atoms with Crippen molar-refractivity contribution in [3.05, 3.63) is 59.7 Å². The lowest BCUT2D eigenvalue weighted by molar-refractivity contribution is -0.759. The minimum Gasteiger partial charge on any atom is -0.432 e. The van der Waals surface area contributed by atoms with Gasteiger partial charge in [-0.05, 0) is 30.7 Å². The van der Waals surface area contributed by atoms with Crippen molar-refractivity contribution in [2.45, 2.75) is 6.92 Å². The van der Waals surface area contributed by atoms with E-state index in [-0.39, 0.29) is 0 Å². The van der Waals surface area contributed by atoms with Crippen LogP contribution in [0.4, 0.5) is 0 Å². The van der Waals surface area contributed by atoms with E-state index in [4.69, 9.17) is 9.57 Å². The number of ether oxygens (including phenoxy) is 1. The molecule has 3 heteroatoms. The monoisotopic (exact) mass is 240 g/mol. The third-order valence-electron chi connectivity index (χ3n) is 2.83. The van der Waals surface area contributed by atoms with E-state index >= 15 is 0 Å². The van der Waals surface area contributed by atoms with Gasteiger partial charge < -0.3 is 4.74 Å². The summed E-state index contributed by atoms with van der Waals surface area (Å²) >= 11 is 0. The fourth-order valence-corrected chi connectivity index (χ4v) is 1.96. The van der Waals surface area contributed by atoms with Crippen LogP contribution in [-0.2, 0) is 0 Å². The van der Waals surface area contributed by atoms with Crippen molar-refractivity contribution in [3.63, 3.8) is 0 Å². The molecule has 0 amide bonds. The zero-order chi connectivity index (χ0) is 12.4. The second kappa shape index (κ2) is 4.53. The van der Waals surface area contributed by atoms with Crippen LogP contribution >= 0.6 is 0 Å². The summed E-state index contributed by atoms with van der Waals surface area (Å²) < 4.78 is 7.40. The van der Waals surface area contributed by atoms with E-state index in [1.807, 2.05) is 61.7 Å². The molecule has 1 heterocycles. The van der Waals surface area contributed by atoms with Gasteiger partial charge in [0, 0.05) is 4.74 Å². The topological polar surface area (TPSA) is 21.5 Å². The van der Waals surface area contributed by atoms with Crippen molar-refractivity contribution in [1.82, 2.24) is 0 Å². The Labute approximate surface area is 106 Å². The standard InChI is InChI=1S/C15H14NO2/c1-12-6-5-7-13-10-16(11-17-15(12)13)18-14-8-3-2-4-9-14/h2-10H,11H2,1H3/q+1. The van der Waals surface area contributed by atoms with Crippen LogP contribution in [0.25, 0.3) is 0 Å². The molecule has 2 aromatic rings. The molecule has 0 radical (unpaired) electrons. The number of hydrogen-bond acceptors (Lipinski definition) is 2. The number of hydrogen-bond donors (Lipinski definition) is 0. The van der Waals surface area contributed by atoms with Gasteiger partial charge in [0.2, 0.25) is 12.0 Å². The van der Waals surface area contributed by atoms with Crippen LogP contribution in [0.2, 0.25) is 0 Å². The minimum atomic E-state index is 0.396. The molecule has 0 saturated heterocycles. The van der Waals surface area contributed by atoms with Gasteiger partial charge in [0.15, 0.2) is 0 Å². The normalized spacial score (nSPS) is 13.3. The number of para-hydroxylation sites is 2. The van der Waals surface area contributed by atoms with Crippen LogP contribution in [0, 0.1) is 6.92 Å². The maximum atomic E-state index is 5.71. The smallest absolute Gasteiger partial charge is 0.335 e. The SMILES string of the molecule is Cc1cccc2c1OC[N+](Oc1ccccc1)=C2. The highest BCUT2D eigenvalue weighted by molar-refractivity contribution is 5.81. The zero-order valence-corrected chi connectivity index (χ0v) is 10.2. The van der Waals surface area contributed by atoms with Crippen molar-refractivity contribution >= 4 is 6.21 Å². The lowest BCUT2D eigenvalue weighted by Gasteiger charge is -2.13. The van der Waals surface area contributed by atoms with Gasteiger partial charge in [-0.25, -0.2) is 4.84 Å². The zero-order valence-electron chi connectivity index (χ0n) is 10.2. The Kier molecular flexibility index (Phi) is 2.73. The molecule has 1 aliphatic rings. The molecule has 0 aromatic heterocycles. The summed E-state index contributed by atoms with van der Waals surface area (Å²) in [5, 5.41) is 0. The molecule has 0 saturated carbocycles. The van der Waals surface area contributed by atoms with Gasteiger partial charge in [0.1, 0.15) is 5.75 Å². The molecule has 0 unspecified atom stereocenters. The molecule has 0 fully saturated rings. The molecule has 0 N–H and O–H groups in total. The number of benzene rings is 2. The van der Waals surface area contributed by atoms with E-state index in [9.17, 15) is 0 Å². The van der Waals surface area contributed by atoms with Gasteiger partial charge in [-0.15, -0.1) is 0 Å². The van der Waals surface area contributed by atoms with Crippen LogP contribution < -0.4 is 9.57 Å². The Bertz CT molecular complexity index is 591. The molecule has 0 atom stereocenters. The molecular formula is C15H14NO2+. The predicted molar refractivity (Wildman–Crippen MR) is 69.2 cm³/mol. The van der Waals surface area contributed by atoms with Crippen LogP contribution in [-0.4, -0.2) is 17.7 Å². The molecule has 0 aliphatic carbocycles. The van der Waals surface area contributed by atoms with E-state index in [2.05, 4.69) is 0 Å². The summed E-state index contributed by atoms with van der Waals surface area (Å²) in [6.45, 7) is 2.44. The maximum absolute atomic E-state index is 5.71. The van der Waals surface area contributed by atoms with E-state index in [0.29, 0.717) is 6.73 Å². The lowest BCUT2D eigenvalue weighted by atomic mass is 10.1. The first-order valence-corrected chi connectivity index (χ1v) is 5.90. The molecule has 0 bridgehead atoms. The Morgan fingerprint density at radius 1 is 1.06 bits per heavy atom. The highest BCUT2D eigenvalue weighted by atomic mass is 16.7. The van der Waals surface area contributed by atoms with Crippen LogP contribution in [0.1, 0.15) is 11.1 Å². The summed E-state index contributed by atoms with van der Waals surface area (Å²) in [4.78, 5) is 5.70. The first-order chi connectivity index (χ1) is 8.83. The highest BCUT2D eigenvalue weighted by Gasteiger charge is 2.20. The molecule has 18 heavy (non-hydrogen) atoms. The Balaban J connectivity index is 1.88. The number of hydroxylamine groups is 1. The maximum Gasteiger partial charge on any atom is 0.335 e. The molecule has 0 spiro atoms. The summed E-state index contributed by atoms with van der Waals surface area (Å²) in [7, 11) is 0. The minimum absolute atomic E-state index is 0.396. The molecule has 90 valence electrons. The number of rotatable bonds is 2. The van der Waals surface area contributed by atoms with Crippen molar-refractivity contribution in [2.75, 3.05) is 6.73 Å². The van der Waals surface area contributed by atoms with Gasteiger partial charge >= 0.3 is 6.73 Å². The molecule has 3 rings (SSSR count). The van der Waals surface area contributed by atoms with E-state index in [1.54, 1.807) is 4.74 Å². The van der Waals surface area contributed by atoms with Crippen molar-refractivity contribution in [3.8, 4) is 11.5 Å². The Morgan fingerprint density at radius 2 is 1.89 bits per heavy atom. The second-order valence-electron chi connectivity index (χ2n) is 4.22. The van der Waals surface area contributed by atoms with Gasteiger partial charge in [-0.1, -0.05) is 30.3 Å². The van der Waals surface area contributed by atoms with Crippen molar-refractivity contribution < 1.29 is 14.3 Å². The van der Waals surface area contributed by atoms with Gasteiger partial charge in [-0.2, -0.15) is 0 Å². The molecule has 1 aliphatic heterocycles. The fourth-order valence-electron chi connectivity index (χ4n) is 1.96. The largest absolute Gasteiger partial charge is 0.432 e. The lowest BCUT2D eigenvalue weighted by Crippen LogP contribution is -2.27. The van der Waals surface area contributed by atoms with E-state index in [1.165, 1.54) is 0 Å². The molecule has 3 nitrogen and oxygen atoms in total. The molecular weight excluding hydrogens is 226 g/mol. The number of fused-ring (bicyclic) bond motifs is 1. The summed E-state index contributed by atoms with van der Waals surface area (Å²) in [6, 6.07) is 15.8. The quantitative estimate of drug-likeness (QED) is 0.753. The first-order valence-electron chi connectivity index (χ1n) is 5.90. The third-order valence-corrected chi connectivity index (χ3v) is 2.83. The van der Waals surface area contributed by atoms with E-state index in [0.717, 1.165) is 22.6 Å². The average molecular weight is 240 g/mol. The van der Waals surface area contributed by atoms with Crippen LogP contribution in [0.15, 0.2) is 48.5 Å². The Hall–Kier alpha value is -2.29. The van der Waals surface area contributed by atoms with Crippen molar-refractivity contribution in [2.24, 2.45) is 0 Å². The Morgan fingerprint density at radius 3 is 2.72 bits per heavy atom. The summed E-state index contributed by atoms with van der Waals surface area (Å²) in [5.74, 6) is 1.74. The summed E-state index contributed by atoms with van der Waals surface area (Å²) in [5.41, 5.74) is 2.18. The predicted octanol–water partition coefficient (Wildman–Crippen LogP) is 2.77. The van der Waals surface area contributed by atoms with Gasteiger partial charge in [-0.3, -0.25) is 0 Å². The van der Waals surface area contributed by atoms with Crippen molar-refractivity contribution in [1.29, 1.82) is 0 Å². The summed E-state index contributed by atoms with van der Waals surface area (Å²) in [6.07, 6.45) is 1.96. The third kappa shape index (κ3) is 2.07. The van der Waals surface area contributed by atoms with Crippen LogP contribution in [0.5, 0.6) is 11.5 Å². The second-order valence-corrected chi connectivity index (χ2v) is 4.22. The fraction of sp³-hybridized carbons (Fsp3) is 0.133. The number of aryl methyl sites for hydroxylation is 1. The van der Waals surface area contributed by atoms with Crippen LogP contribution in [0.3, 0.4) is 0 Å². The molecule has 2 aromatic carbocycles. The van der Waals surface area contributed by atoms with Gasteiger partial charge in [0.25, 0.3) is 0 Å². The highest BCUT2D eigenvalue weighted by Crippen LogP contribution is 2.24. The first kappa shape index (κ1) is 10.8. The van der Waals surface area contributed by atoms with E-state index < -0.39 is 0 Å². The number of nitrogens with zero attached hydrogens (tertiary/aromatic N) is 1.